The molecule has 12 heavy (non-hydrogen) atoms. The van der Waals surface area contributed by atoms with E-state index in [1.807, 2.05) is 11.3 Å². The number of nitrogens with one attached hydrogen (secondary N) is 1. The normalized spacial score (nSPS) is 13.2. The minimum absolute atomic E-state index is 0.557. The second-order valence-electron chi connectivity index (χ2n) is 2.95. The van der Waals surface area contributed by atoms with E-state index in [1.165, 1.54) is 16.9 Å². The fraction of sp³-hybridized carbons (Fsp3) is 0.600. The van der Waals surface area contributed by atoms with Crippen LogP contribution in [0.4, 0.5) is 0 Å². The van der Waals surface area contributed by atoms with Crippen molar-refractivity contribution in [3.05, 3.63) is 21.9 Å². The number of hydrogen-bond acceptors (Lipinski definition) is 2. The molecule has 68 valence electrons. The third kappa shape index (κ3) is 2.08. The summed E-state index contributed by atoms with van der Waals surface area (Å²) in [5, 5.41) is 5.65. The first-order valence-corrected chi connectivity index (χ1v) is 5.44. The topological polar surface area (TPSA) is 12.0 Å². The fourth-order valence-corrected chi connectivity index (χ4v) is 2.24. The van der Waals surface area contributed by atoms with Crippen LogP contribution in [-0.4, -0.2) is 6.54 Å². The van der Waals surface area contributed by atoms with E-state index in [4.69, 9.17) is 0 Å². The molecule has 0 bridgehead atoms. The van der Waals surface area contributed by atoms with Crippen LogP contribution < -0.4 is 5.32 Å². The van der Waals surface area contributed by atoms with E-state index in [0.29, 0.717) is 6.04 Å². The monoisotopic (exact) mass is 183 g/mol. The van der Waals surface area contributed by atoms with E-state index in [2.05, 4.69) is 37.5 Å². The number of thiophene rings is 1. The molecule has 1 unspecified atom stereocenters. The second-order valence-corrected chi connectivity index (χ2v) is 4.07. The fourth-order valence-electron chi connectivity index (χ4n) is 1.48. The molecule has 1 nitrogen and oxygen atoms in total. The first-order valence-electron chi connectivity index (χ1n) is 4.57. The molecule has 0 aromatic carbocycles. The van der Waals surface area contributed by atoms with E-state index < -0.39 is 0 Å². The number of hydrogen-bond donors (Lipinski definition) is 1. The van der Waals surface area contributed by atoms with Crippen molar-refractivity contribution in [3.8, 4) is 0 Å². The summed E-state index contributed by atoms with van der Waals surface area (Å²) in [4.78, 5) is 1.45. The third-order valence-corrected chi connectivity index (χ3v) is 2.99. The summed E-state index contributed by atoms with van der Waals surface area (Å²) in [6, 6.07) is 2.79. The molecule has 1 heterocycles. The van der Waals surface area contributed by atoms with Crippen molar-refractivity contribution >= 4 is 11.3 Å². The van der Waals surface area contributed by atoms with Gasteiger partial charge in [0.25, 0.3) is 0 Å². The molecule has 1 rings (SSSR count). The van der Waals surface area contributed by atoms with Gasteiger partial charge in [-0.05, 0) is 36.9 Å². The standard InChI is InChI=1S/C10H17NS/c1-4-10(11-5-2)9-6-7-12-8(9)3/h6-7,10-11H,4-5H2,1-3H3. The van der Waals surface area contributed by atoms with Crippen LogP contribution >= 0.6 is 11.3 Å². The highest BCUT2D eigenvalue weighted by molar-refractivity contribution is 7.10. The van der Waals surface area contributed by atoms with Crippen LogP contribution in [-0.2, 0) is 0 Å². The largest absolute Gasteiger partial charge is 0.310 e. The summed E-state index contributed by atoms with van der Waals surface area (Å²) in [7, 11) is 0. The van der Waals surface area contributed by atoms with Crippen LogP contribution in [0.2, 0.25) is 0 Å². The van der Waals surface area contributed by atoms with Crippen molar-refractivity contribution in [1.29, 1.82) is 0 Å². The maximum absolute atomic E-state index is 3.48. The van der Waals surface area contributed by atoms with E-state index in [9.17, 15) is 0 Å². The van der Waals surface area contributed by atoms with Gasteiger partial charge in [-0.3, -0.25) is 0 Å². The lowest BCUT2D eigenvalue weighted by molar-refractivity contribution is 0.537. The first-order chi connectivity index (χ1) is 5.79. The van der Waals surface area contributed by atoms with Crippen LogP contribution in [0, 0.1) is 6.92 Å². The summed E-state index contributed by atoms with van der Waals surface area (Å²) in [6.45, 7) is 7.63. The molecule has 2 heteroatoms. The Morgan fingerprint density at radius 3 is 2.67 bits per heavy atom. The Kier molecular flexibility index (Phi) is 3.76. The zero-order chi connectivity index (χ0) is 8.97. The minimum atomic E-state index is 0.557. The van der Waals surface area contributed by atoms with Crippen molar-refractivity contribution in [2.24, 2.45) is 0 Å². The molecule has 0 aliphatic carbocycles. The lowest BCUT2D eigenvalue weighted by atomic mass is 10.1. The summed E-state index contributed by atoms with van der Waals surface area (Å²) >= 11 is 1.83. The van der Waals surface area contributed by atoms with Gasteiger partial charge in [0.2, 0.25) is 0 Å². The Morgan fingerprint density at radius 2 is 2.25 bits per heavy atom. The zero-order valence-electron chi connectivity index (χ0n) is 8.05. The van der Waals surface area contributed by atoms with Gasteiger partial charge < -0.3 is 5.32 Å². The van der Waals surface area contributed by atoms with Gasteiger partial charge in [0.1, 0.15) is 0 Å². The molecule has 0 spiro atoms. The van der Waals surface area contributed by atoms with Gasteiger partial charge in [0.05, 0.1) is 0 Å². The maximum Gasteiger partial charge on any atom is 0.0328 e. The van der Waals surface area contributed by atoms with Crippen molar-refractivity contribution in [1.82, 2.24) is 5.32 Å². The van der Waals surface area contributed by atoms with E-state index >= 15 is 0 Å². The van der Waals surface area contributed by atoms with Gasteiger partial charge in [0, 0.05) is 10.9 Å². The van der Waals surface area contributed by atoms with Crippen LogP contribution in [0.25, 0.3) is 0 Å². The molecule has 1 aromatic rings. The zero-order valence-corrected chi connectivity index (χ0v) is 8.87. The van der Waals surface area contributed by atoms with Crippen LogP contribution in [0.3, 0.4) is 0 Å². The Labute approximate surface area is 78.8 Å². The summed E-state index contributed by atoms with van der Waals surface area (Å²) < 4.78 is 0. The van der Waals surface area contributed by atoms with E-state index in [1.54, 1.807) is 0 Å². The number of rotatable bonds is 4. The van der Waals surface area contributed by atoms with Gasteiger partial charge in [-0.1, -0.05) is 13.8 Å². The van der Waals surface area contributed by atoms with E-state index in [-0.39, 0.29) is 0 Å². The molecule has 0 aliphatic heterocycles. The average Bonchev–Trinajstić information content (AvgIpc) is 2.47. The summed E-state index contributed by atoms with van der Waals surface area (Å²) in [5.74, 6) is 0. The number of aryl methyl sites for hydroxylation is 1. The van der Waals surface area contributed by atoms with Crippen LogP contribution in [0.15, 0.2) is 11.4 Å². The van der Waals surface area contributed by atoms with Gasteiger partial charge in [-0.15, -0.1) is 11.3 Å². The van der Waals surface area contributed by atoms with Crippen molar-refractivity contribution in [3.63, 3.8) is 0 Å². The van der Waals surface area contributed by atoms with Crippen LogP contribution in [0.1, 0.15) is 36.8 Å². The lowest BCUT2D eigenvalue weighted by Crippen LogP contribution is -2.20. The third-order valence-electron chi connectivity index (χ3n) is 2.13. The molecular formula is C10H17NS. The molecule has 0 saturated heterocycles. The van der Waals surface area contributed by atoms with Crippen molar-refractivity contribution in [2.75, 3.05) is 6.54 Å². The Bertz CT molecular complexity index is 229. The average molecular weight is 183 g/mol. The maximum atomic E-state index is 3.48. The van der Waals surface area contributed by atoms with Crippen molar-refractivity contribution < 1.29 is 0 Å². The van der Waals surface area contributed by atoms with Gasteiger partial charge in [0.15, 0.2) is 0 Å². The van der Waals surface area contributed by atoms with E-state index in [0.717, 1.165) is 6.54 Å². The molecule has 1 aromatic heterocycles. The predicted octanol–water partition coefficient (Wildman–Crippen LogP) is 3.12. The Hall–Kier alpha value is -0.340. The highest BCUT2D eigenvalue weighted by Crippen LogP contribution is 2.24. The summed E-state index contributed by atoms with van der Waals surface area (Å²) in [6.07, 6.45) is 1.17. The Balaban J connectivity index is 2.72. The molecule has 0 radical (unpaired) electrons. The first kappa shape index (κ1) is 9.75. The van der Waals surface area contributed by atoms with Gasteiger partial charge in [-0.25, -0.2) is 0 Å². The Morgan fingerprint density at radius 1 is 1.50 bits per heavy atom. The summed E-state index contributed by atoms with van der Waals surface area (Å²) in [5.41, 5.74) is 1.48. The van der Waals surface area contributed by atoms with Crippen LogP contribution in [0.5, 0.6) is 0 Å². The molecule has 0 fully saturated rings. The van der Waals surface area contributed by atoms with Crippen molar-refractivity contribution in [2.45, 2.75) is 33.2 Å². The molecule has 0 saturated carbocycles. The smallest absolute Gasteiger partial charge is 0.0328 e. The quantitative estimate of drug-likeness (QED) is 0.756. The highest BCUT2D eigenvalue weighted by Gasteiger charge is 2.10. The molecule has 0 amide bonds. The molecule has 0 aliphatic rings. The minimum Gasteiger partial charge on any atom is -0.310 e. The lowest BCUT2D eigenvalue weighted by Gasteiger charge is -2.15. The molecule has 1 atom stereocenters. The SMILES string of the molecule is CCNC(CC)c1ccsc1C. The molecule has 1 N–H and O–H groups in total. The van der Waals surface area contributed by atoms with Gasteiger partial charge in [-0.2, -0.15) is 0 Å². The second kappa shape index (κ2) is 4.63. The molecular weight excluding hydrogens is 166 g/mol. The highest BCUT2D eigenvalue weighted by atomic mass is 32.1. The van der Waals surface area contributed by atoms with Gasteiger partial charge >= 0.3 is 0 Å². The predicted molar refractivity (Wildman–Crippen MR) is 55.8 cm³/mol.